The molecule has 168 valence electrons. The highest BCUT2D eigenvalue weighted by Crippen LogP contribution is 2.29. The number of esters is 1. The summed E-state index contributed by atoms with van der Waals surface area (Å²) in [5.74, 6) is -0.562. The van der Waals surface area contributed by atoms with E-state index in [-0.39, 0.29) is 15.5 Å². The van der Waals surface area contributed by atoms with Crippen LogP contribution in [0, 0.1) is 0 Å². The van der Waals surface area contributed by atoms with Gasteiger partial charge in [0, 0.05) is 6.07 Å². The van der Waals surface area contributed by atoms with Crippen LogP contribution in [0.15, 0.2) is 64.2 Å². The van der Waals surface area contributed by atoms with E-state index in [1.165, 1.54) is 32.4 Å². The van der Waals surface area contributed by atoms with Crippen molar-refractivity contribution < 1.29 is 32.2 Å². The van der Waals surface area contributed by atoms with Gasteiger partial charge < -0.3 is 19.5 Å². The molecule has 0 atom stereocenters. The van der Waals surface area contributed by atoms with Gasteiger partial charge >= 0.3 is 5.97 Å². The number of sulfonamides is 1. The molecule has 0 unspecified atom stereocenters. The summed E-state index contributed by atoms with van der Waals surface area (Å²) in [6, 6.07) is 13.9. The summed E-state index contributed by atoms with van der Waals surface area (Å²) in [6.45, 7) is -0.592. The Bertz CT molecular complexity index is 1210. The maximum absolute atomic E-state index is 12.5. The first-order chi connectivity index (χ1) is 15.3. The number of thiophene rings is 1. The number of carbonyl (C=O) groups excluding carboxylic acids is 2. The zero-order valence-corrected chi connectivity index (χ0v) is 18.8. The van der Waals surface area contributed by atoms with Crippen LogP contribution < -0.4 is 19.5 Å². The maximum atomic E-state index is 12.5. The molecule has 0 saturated carbocycles. The smallest absolute Gasteiger partial charge is 0.340 e. The number of hydrogen-bond acceptors (Lipinski definition) is 8. The van der Waals surface area contributed by atoms with Crippen molar-refractivity contribution in [2.45, 2.75) is 4.21 Å². The SMILES string of the molecule is COc1ccc(OC)c(NC(=O)COC(=O)c2ccccc2NS(=O)(=O)c2cccs2)c1. The lowest BCUT2D eigenvalue weighted by Crippen LogP contribution is -2.22. The Hall–Kier alpha value is -3.57. The minimum Gasteiger partial charge on any atom is -0.497 e. The van der Waals surface area contributed by atoms with E-state index in [9.17, 15) is 18.0 Å². The fraction of sp³-hybridized carbons (Fsp3) is 0.143. The molecule has 0 aliphatic heterocycles. The van der Waals surface area contributed by atoms with Crippen LogP contribution in [0.1, 0.15) is 10.4 Å². The second-order valence-corrected chi connectivity index (χ2v) is 9.13. The van der Waals surface area contributed by atoms with E-state index in [1.54, 1.807) is 41.8 Å². The van der Waals surface area contributed by atoms with Crippen molar-refractivity contribution in [2.75, 3.05) is 30.9 Å². The van der Waals surface area contributed by atoms with Gasteiger partial charge in [0.15, 0.2) is 6.61 Å². The van der Waals surface area contributed by atoms with Gasteiger partial charge in [0.1, 0.15) is 15.7 Å². The number of methoxy groups -OCH3 is 2. The minimum atomic E-state index is -3.86. The molecule has 2 aromatic carbocycles. The molecule has 1 heterocycles. The average molecular weight is 477 g/mol. The number of ether oxygens (including phenoxy) is 3. The predicted molar refractivity (Wildman–Crippen MR) is 120 cm³/mol. The molecule has 9 nitrogen and oxygen atoms in total. The summed E-state index contributed by atoms with van der Waals surface area (Å²) in [7, 11) is -0.921. The fourth-order valence-corrected chi connectivity index (χ4v) is 4.74. The van der Waals surface area contributed by atoms with Crippen LogP contribution in [0.4, 0.5) is 11.4 Å². The number of anilines is 2. The van der Waals surface area contributed by atoms with Crippen molar-refractivity contribution in [3.05, 3.63) is 65.5 Å². The lowest BCUT2D eigenvalue weighted by Gasteiger charge is -2.13. The van der Waals surface area contributed by atoms with E-state index in [4.69, 9.17) is 14.2 Å². The second-order valence-electron chi connectivity index (χ2n) is 6.27. The lowest BCUT2D eigenvalue weighted by molar-refractivity contribution is -0.119. The number of carbonyl (C=O) groups is 2. The second kappa shape index (κ2) is 10.2. The van der Waals surface area contributed by atoms with E-state index in [0.29, 0.717) is 17.2 Å². The molecule has 0 saturated heterocycles. The number of benzene rings is 2. The van der Waals surface area contributed by atoms with Crippen molar-refractivity contribution in [3.63, 3.8) is 0 Å². The first-order valence-corrected chi connectivity index (χ1v) is 11.5. The summed E-state index contributed by atoms with van der Waals surface area (Å²) in [5, 5.41) is 4.21. The van der Waals surface area contributed by atoms with Gasteiger partial charge in [-0.05, 0) is 35.7 Å². The Morgan fingerprint density at radius 3 is 2.44 bits per heavy atom. The van der Waals surface area contributed by atoms with Crippen molar-refractivity contribution in [2.24, 2.45) is 0 Å². The van der Waals surface area contributed by atoms with Gasteiger partial charge in [-0.25, -0.2) is 13.2 Å². The van der Waals surface area contributed by atoms with Crippen LogP contribution in [0.2, 0.25) is 0 Å². The molecule has 3 aromatic rings. The molecular weight excluding hydrogens is 456 g/mol. The Morgan fingerprint density at radius 2 is 1.75 bits per heavy atom. The maximum Gasteiger partial charge on any atom is 0.340 e. The number of para-hydroxylation sites is 1. The van der Waals surface area contributed by atoms with Crippen LogP contribution in [0.25, 0.3) is 0 Å². The molecule has 1 amide bonds. The third-order valence-corrected chi connectivity index (χ3v) is 6.93. The van der Waals surface area contributed by atoms with Gasteiger partial charge in [-0.2, -0.15) is 0 Å². The molecule has 0 aliphatic rings. The van der Waals surface area contributed by atoms with Gasteiger partial charge in [-0.15, -0.1) is 11.3 Å². The molecule has 0 bridgehead atoms. The summed E-state index contributed by atoms with van der Waals surface area (Å²) in [6.07, 6.45) is 0. The predicted octanol–water partition coefficient (Wildman–Crippen LogP) is 3.36. The summed E-state index contributed by atoms with van der Waals surface area (Å²) in [5.41, 5.74) is 0.358. The normalized spacial score (nSPS) is 10.8. The van der Waals surface area contributed by atoms with Gasteiger partial charge in [-0.3, -0.25) is 9.52 Å². The number of nitrogens with one attached hydrogen (secondary N) is 2. The minimum absolute atomic E-state index is 0.0283. The lowest BCUT2D eigenvalue weighted by atomic mass is 10.2. The third-order valence-electron chi connectivity index (χ3n) is 4.17. The first kappa shape index (κ1) is 23.1. The van der Waals surface area contributed by atoms with Crippen LogP contribution in [0.5, 0.6) is 11.5 Å². The van der Waals surface area contributed by atoms with E-state index in [2.05, 4.69) is 10.0 Å². The molecule has 0 fully saturated rings. The standard InChI is InChI=1S/C21H20N2O7S2/c1-28-14-9-10-18(29-2)17(12-14)22-19(24)13-30-21(25)15-6-3-4-7-16(15)23-32(26,27)20-8-5-11-31-20/h3-12,23H,13H2,1-2H3,(H,22,24). The van der Waals surface area contributed by atoms with Crippen molar-refractivity contribution in [1.29, 1.82) is 0 Å². The summed E-state index contributed by atoms with van der Waals surface area (Å²) in [4.78, 5) is 24.8. The van der Waals surface area contributed by atoms with E-state index < -0.39 is 28.5 Å². The van der Waals surface area contributed by atoms with Crippen LogP contribution >= 0.6 is 11.3 Å². The van der Waals surface area contributed by atoms with E-state index in [1.807, 2.05) is 0 Å². The van der Waals surface area contributed by atoms with Gasteiger partial charge in [0.2, 0.25) is 0 Å². The van der Waals surface area contributed by atoms with Crippen molar-refractivity contribution in [1.82, 2.24) is 0 Å². The quantitative estimate of drug-likeness (QED) is 0.454. The Labute approximate surface area is 189 Å². The Morgan fingerprint density at radius 1 is 0.969 bits per heavy atom. The van der Waals surface area contributed by atoms with E-state index >= 15 is 0 Å². The Kier molecular flexibility index (Phi) is 7.33. The highest BCUT2D eigenvalue weighted by atomic mass is 32.2. The monoisotopic (exact) mass is 476 g/mol. The fourth-order valence-electron chi connectivity index (χ4n) is 2.67. The van der Waals surface area contributed by atoms with Crippen LogP contribution in [0.3, 0.4) is 0 Å². The molecule has 2 N–H and O–H groups in total. The van der Waals surface area contributed by atoms with Crippen molar-refractivity contribution in [3.8, 4) is 11.5 Å². The van der Waals surface area contributed by atoms with Gasteiger partial charge in [0.05, 0.1) is 31.2 Å². The molecule has 0 spiro atoms. The first-order valence-electron chi connectivity index (χ1n) is 9.18. The highest BCUT2D eigenvalue weighted by molar-refractivity contribution is 7.94. The summed E-state index contributed by atoms with van der Waals surface area (Å²) < 4.78 is 42.8. The Balaban J connectivity index is 1.68. The summed E-state index contributed by atoms with van der Waals surface area (Å²) >= 11 is 1.05. The molecule has 0 aliphatic carbocycles. The number of amides is 1. The largest absolute Gasteiger partial charge is 0.497 e. The molecule has 3 rings (SSSR count). The van der Waals surface area contributed by atoms with Gasteiger partial charge in [-0.1, -0.05) is 18.2 Å². The molecule has 0 radical (unpaired) electrons. The zero-order valence-electron chi connectivity index (χ0n) is 17.2. The van der Waals surface area contributed by atoms with E-state index in [0.717, 1.165) is 11.3 Å². The average Bonchev–Trinajstić information content (AvgIpc) is 3.34. The third kappa shape index (κ3) is 5.56. The zero-order chi connectivity index (χ0) is 23.1. The van der Waals surface area contributed by atoms with Gasteiger partial charge in [0.25, 0.3) is 15.9 Å². The van der Waals surface area contributed by atoms with Crippen LogP contribution in [-0.2, 0) is 19.6 Å². The topological polar surface area (TPSA) is 120 Å². The molecule has 32 heavy (non-hydrogen) atoms. The number of rotatable bonds is 9. The molecular formula is C21H20N2O7S2. The van der Waals surface area contributed by atoms with Crippen LogP contribution in [-0.4, -0.2) is 41.1 Å². The molecule has 1 aromatic heterocycles. The molecule has 11 heteroatoms. The number of hydrogen-bond donors (Lipinski definition) is 2. The highest BCUT2D eigenvalue weighted by Gasteiger charge is 2.21. The van der Waals surface area contributed by atoms with Crippen molar-refractivity contribution >= 4 is 44.6 Å².